The molecular formula is C21H31N3OS. The molecule has 1 N–H and O–H groups in total. The quantitative estimate of drug-likeness (QED) is 0.881. The van der Waals surface area contributed by atoms with Gasteiger partial charge in [0, 0.05) is 43.0 Å². The lowest BCUT2D eigenvalue weighted by atomic mass is 9.59. The van der Waals surface area contributed by atoms with Gasteiger partial charge in [-0.2, -0.15) is 0 Å². The molecular weight excluding hydrogens is 342 g/mol. The summed E-state index contributed by atoms with van der Waals surface area (Å²) in [5.41, 5.74) is 1.83. The van der Waals surface area contributed by atoms with Crippen LogP contribution in [0, 0.1) is 11.8 Å². The highest BCUT2D eigenvalue weighted by molar-refractivity contribution is 7.10. The number of hydrogen-bond donors (Lipinski definition) is 1. The monoisotopic (exact) mass is 373 g/mol. The summed E-state index contributed by atoms with van der Waals surface area (Å²) in [5.74, 6) is 2.08. The first kappa shape index (κ1) is 17.2. The normalized spacial score (nSPS) is 34.2. The molecule has 5 rings (SSSR count). The Bertz CT molecular complexity index is 674. The molecule has 5 heteroatoms. The van der Waals surface area contributed by atoms with Gasteiger partial charge in [-0.15, -0.1) is 11.3 Å². The average molecular weight is 374 g/mol. The first-order chi connectivity index (χ1) is 12.7. The summed E-state index contributed by atoms with van der Waals surface area (Å²) < 4.78 is 0. The maximum atomic E-state index is 12.7. The van der Waals surface area contributed by atoms with E-state index in [4.69, 9.17) is 0 Å². The predicted octanol–water partition coefficient (Wildman–Crippen LogP) is 2.88. The standard InChI is InChI=1S/C21H31N3OS/c25-20(24-12-5-19-16(14-24)7-13-26-19)6-11-23-10-1-2-18(15-23)21-8-3-17(21)4-9-22-21/h7,13,17-18,22H,1-6,8-12,14-15H2. The van der Waals surface area contributed by atoms with E-state index >= 15 is 0 Å². The molecule has 3 aliphatic heterocycles. The van der Waals surface area contributed by atoms with Gasteiger partial charge < -0.3 is 15.1 Å². The van der Waals surface area contributed by atoms with Crippen LogP contribution < -0.4 is 5.32 Å². The minimum Gasteiger partial charge on any atom is -0.338 e. The molecule has 4 aliphatic rings. The Labute approximate surface area is 160 Å². The summed E-state index contributed by atoms with van der Waals surface area (Å²) in [6.07, 6.45) is 8.61. The zero-order valence-corrected chi connectivity index (χ0v) is 16.5. The molecule has 3 fully saturated rings. The van der Waals surface area contributed by atoms with Crippen LogP contribution in [-0.4, -0.2) is 54.0 Å². The number of nitrogens with one attached hydrogen (secondary N) is 1. The van der Waals surface area contributed by atoms with Gasteiger partial charge >= 0.3 is 0 Å². The van der Waals surface area contributed by atoms with Crippen LogP contribution in [-0.2, 0) is 17.8 Å². The lowest BCUT2D eigenvalue weighted by Gasteiger charge is -2.53. The van der Waals surface area contributed by atoms with Gasteiger partial charge in [0.1, 0.15) is 0 Å². The van der Waals surface area contributed by atoms with Crippen molar-refractivity contribution in [2.45, 2.75) is 57.0 Å². The second-order valence-electron chi connectivity index (χ2n) is 8.82. The van der Waals surface area contributed by atoms with E-state index < -0.39 is 0 Å². The lowest BCUT2D eigenvalue weighted by molar-refractivity contribution is -0.132. The zero-order chi connectivity index (χ0) is 17.6. The van der Waals surface area contributed by atoms with Crippen LogP contribution in [0.4, 0.5) is 0 Å². The van der Waals surface area contributed by atoms with Gasteiger partial charge in [-0.05, 0) is 80.5 Å². The van der Waals surface area contributed by atoms with Gasteiger partial charge in [-0.3, -0.25) is 4.79 Å². The zero-order valence-electron chi connectivity index (χ0n) is 15.7. The fraction of sp³-hybridized carbons (Fsp3) is 0.762. The molecule has 3 atom stereocenters. The van der Waals surface area contributed by atoms with Gasteiger partial charge in [0.05, 0.1) is 0 Å². The van der Waals surface area contributed by atoms with E-state index in [1.807, 2.05) is 11.3 Å². The first-order valence-corrected chi connectivity index (χ1v) is 11.4. The molecule has 0 bridgehead atoms. The minimum absolute atomic E-state index is 0.350. The second kappa shape index (κ2) is 6.92. The Hall–Kier alpha value is -0.910. The van der Waals surface area contributed by atoms with Crippen LogP contribution in [0.5, 0.6) is 0 Å². The van der Waals surface area contributed by atoms with E-state index in [1.54, 1.807) is 0 Å². The molecule has 1 aromatic rings. The summed E-state index contributed by atoms with van der Waals surface area (Å²) in [7, 11) is 0. The molecule has 0 spiro atoms. The van der Waals surface area contributed by atoms with Crippen molar-refractivity contribution in [3.05, 3.63) is 21.9 Å². The van der Waals surface area contributed by atoms with Crippen LogP contribution >= 0.6 is 11.3 Å². The van der Waals surface area contributed by atoms with Crippen LogP contribution in [0.3, 0.4) is 0 Å². The fourth-order valence-corrected chi connectivity index (χ4v) is 6.90. The van der Waals surface area contributed by atoms with Crippen molar-refractivity contribution in [3.8, 4) is 0 Å². The number of thiophene rings is 1. The molecule has 2 saturated heterocycles. The van der Waals surface area contributed by atoms with E-state index in [2.05, 4.69) is 26.6 Å². The first-order valence-electron chi connectivity index (χ1n) is 10.5. The summed E-state index contributed by atoms with van der Waals surface area (Å²) in [6, 6.07) is 2.19. The molecule has 1 aliphatic carbocycles. The molecule has 4 nitrogen and oxygen atoms in total. The number of nitrogens with zero attached hydrogens (tertiary/aromatic N) is 2. The third kappa shape index (κ3) is 2.92. The SMILES string of the molecule is O=C(CCN1CCCC(C23CCC2CCN3)C1)N1CCc2sccc2C1. The minimum atomic E-state index is 0.350. The van der Waals surface area contributed by atoms with Crippen molar-refractivity contribution in [2.24, 2.45) is 11.8 Å². The molecule has 1 aromatic heterocycles. The molecule has 26 heavy (non-hydrogen) atoms. The number of fused-ring (bicyclic) bond motifs is 2. The van der Waals surface area contributed by atoms with Crippen LogP contribution in [0.1, 0.15) is 49.0 Å². The third-order valence-electron chi connectivity index (χ3n) is 7.62. The number of carbonyl (C=O) groups is 1. The molecule has 0 radical (unpaired) electrons. The van der Waals surface area contributed by atoms with E-state index in [0.29, 0.717) is 17.9 Å². The topological polar surface area (TPSA) is 35.6 Å². The lowest BCUT2D eigenvalue weighted by Crippen LogP contribution is -2.61. The molecule has 1 saturated carbocycles. The molecule has 1 amide bonds. The van der Waals surface area contributed by atoms with Gasteiger partial charge in [0.15, 0.2) is 0 Å². The van der Waals surface area contributed by atoms with Gasteiger partial charge in [0.2, 0.25) is 5.91 Å². The van der Waals surface area contributed by atoms with Gasteiger partial charge in [0.25, 0.3) is 0 Å². The van der Waals surface area contributed by atoms with E-state index in [1.165, 1.54) is 62.2 Å². The van der Waals surface area contributed by atoms with Crippen molar-refractivity contribution >= 4 is 17.2 Å². The van der Waals surface area contributed by atoms with E-state index in [0.717, 1.165) is 37.9 Å². The number of hydrogen-bond acceptors (Lipinski definition) is 4. The molecule has 3 unspecified atom stereocenters. The number of carbonyl (C=O) groups excluding carboxylic acids is 1. The van der Waals surface area contributed by atoms with Crippen molar-refractivity contribution in [2.75, 3.05) is 32.7 Å². The Morgan fingerprint density at radius 3 is 3.08 bits per heavy atom. The van der Waals surface area contributed by atoms with Crippen molar-refractivity contribution in [3.63, 3.8) is 0 Å². The average Bonchev–Trinajstić information content (AvgIpc) is 3.24. The third-order valence-corrected chi connectivity index (χ3v) is 8.64. The fourth-order valence-electron chi connectivity index (χ4n) is 6.01. The summed E-state index contributed by atoms with van der Waals surface area (Å²) >= 11 is 1.84. The Morgan fingerprint density at radius 1 is 1.27 bits per heavy atom. The highest BCUT2D eigenvalue weighted by Gasteiger charge is 2.54. The van der Waals surface area contributed by atoms with Crippen LogP contribution in [0.15, 0.2) is 11.4 Å². The van der Waals surface area contributed by atoms with Crippen LogP contribution in [0.2, 0.25) is 0 Å². The maximum Gasteiger partial charge on any atom is 0.224 e. The largest absolute Gasteiger partial charge is 0.338 e. The van der Waals surface area contributed by atoms with Crippen molar-refractivity contribution in [1.29, 1.82) is 0 Å². The Morgan fingerprint density at radius 2 is 2.23 bits per heavy atom. The Balaban J connectivity index is 1.14. The number of amides is 1. The second-order valence-corrected chi connectivity index (χ2v) is 9.82. The van der Waals surface area contributed by atoms with Crippen molar-refractivity contribution < 1.29 is 4.79 Å². The summed E-state index contributed by atoms with van der Waals surface area (Å²) in [5, 5.41) is 6.05. The maximum absolute atomic E-state index is 12.7. The smallest absolute Gasteiger partial charge is 0.224 e. The highest BCUT2D eigenvalue weighted by Crippen LogP contribution is 2.51. The number of piperidine rings is 1. The molecule has 0 aromatic carbocycles. The number of rotatable bonds is 4. The Kier molecular flexibility index (Phi) is 4.58. The van der Waals surface area contributed by atoms with Crippen LogP contribution in [0.25, 0.3) is 0 Å². The van der Waals surface area contributed by atoms with E-state index in [-0.39, 0.29) is 0 Å². The summed E-state index contributed by atoms with van der Waals surface area (Å²) in [6.45, 7) is 6.28. The molecule has 4 heterocycles. The van der Waals surface area contributed by atoms with Gasteiger partial charge in [-0.25, -0.2) is 0 Å². The van der Waals surface area contributed by atoms with Crippen molar-refractivity contribution in [1.82, 2.24) is 15.1 Å². The summed E-state index contributed by atoms with van der Waals surface area (Å²) in [4.78, 5) is 18.9. The molecule has 142 valence electrons. The number of likely N-dealkylation sites (tertiary alicyclic amines) is 1. The highest BCUT2D eigenvalue weighted by atomic mass is 32.1. The van der Waals surface area contributed by atoms with Gasteiger partial charge in [-0.1, -0.05) is 0 Å². The van der Waals surface area contributed by atoms with E-state index in [9.17, 15) is 4.79 Å². The predicted molar refractivity (Wildman–Crippen MR) is 105 cm³/mol.